The lowest BCUT2D eigenvalue weighted by Gasteiger charge is -2.35. The van der Waals surface area contributed by atoms with Crippen molar-refractivity contribution in [3.05, 3.63) is 46.8 Å². The van der Waals surface area contributed by atoms with Gasteiger partial charge in [-0.1, -0.05) is 18.2 Å². The molecule has 7 nitrogen and oxygen atoms in total. The predicted octanol–water partition coefficient (Wildman–Crippen LogP) is 2.09. The molecule has 3 aromatic rings. The number of hydrogen-bond donors (Lipinski definition) is 0. The molecule has 4 rings (SSSR count). The van der Waals surface area contributed by atoms with Crippen LogP contribution in [-0.2, 0) is 7.05 Å². The van der Waals surface area contributed by atoms with Gasteiger partial charge in [0.1, 0.15) is 16.7 Å². The summed E-state index contributed by atoms with van der Waals surface area (Å²) in [7, 11) is 1.86. The topological polar surface area (TPSA) is 67.2 Å². The highest BCUT2D eigenvalue weighted by atomic mass is 79.9. The Morgan fingerprint density at radius 3 is 2.52 bits per heavy atom. The van der Waals surface area contributed by atoms with Crippen LogP contribution in [0.5, 0.6) is 0 Å². The SMILES string of the molecule is Cn1nc(Br)c2c(N3CCN(C(=O)c4ccccc4)CC3)ncnc21. The van der Waals surface area contributed by atoms with Crippen LogP contribution in [0.4, 0.5) is 5.82 Å². The number of fused-ring (bicyclic) bond motifs is 1. The summed E-state index contributed by atoms with van der Waals surface area (Å²) in [6, 6.07) is 9.41. The Labute approximate surface area is 153 Å². The van der Waals surface area contributed by atoms with Gasteiger partial charge in [-0.15, -0.1) is 0 Å². The fraction of sp³-hybridized carbons (Fsp3) is 0.294. The van der Waals surface area contributed by atoms with Gasteiger partial charge in [-0.3, -0.25) is 4.79 Å². The van der Waals surface area contributed by atoms with Crippen LogP contribution in [-0.4, -0.2) is 56.7 Å². The maximum Gasteiger partial charge on any atom is 0.253 e. The smallest absolute Gasteiger partial charge is 0.253 e. The number of nitrogens with zero attached hydrogens (tertiary/aromatic N) is 6. The van der Waals surface area contributed by atoms with E-state index >= 15 is 0 Å². The number of aryl methyl sites for hydroxylation is 1. The third-order valence-electron chi connectivity index (χ3n) is 4.45. The van der Waals surface area contributed by atoms with E-state index < -0.39 is 0 Å². The number of halogens is 1. The Kier molecular flexibility index (Phi) is 4.12. The second-order valence-corrected chi connectivity index (χ2v) is 6.71. The quantitative estimate of drug-likeness (QED) is 0.658. The van der Waals surface area contributed by atoms with Gasteiger partial charge in [-0.25, -0.2) is 14.6 Å². The molecule has 25 heavy (non-hydrogen) atoms. The highest BCUT2D eigenvalue weighted by molar-refractivity contribution is 9.10. The normalized spacial score (nSPS) is 15.0. The second-order valence-electron chi connectivity index (χ2n) is 5.96. The minimum atomic E-state index is 0.0793. The summed E-state index contributed by atoms with van der Waals surface area (Å²) in [6.45, 7) is 2.78. The number of amides is 1. The van der Waals surface area contributed by atoms with Crippen LogP contribution in [0.25, 0.3) is 11.0 Å². The number of rotatable bonds is 2. The molecule has 1 fully saturated rings. The standard InChI is InChI=1S/C17H17BrN6O/c1-22-15-13(14(18)21-22)16(20-11-19-15)23-7-9-24(10-8-23)17(25)12-5-3-2-4-6-12/h2-6,11H,7-10H2,1H3. The number of carbonyl (C=O) groups excluding carboxylic acids is 1. The monoisotopic (exact) mass is 400 g/mol. The fourth-order valence-electron chi connectivity index (χ4n) is 3.15. The molecule has 1 aromatic carbocycles. The molecule has 128 valence electrons. The number of aromatic nitrogens is 4. The van der Waals surface area contributed by atoms with Gasteiger partial charge in [0.2, 0.25) is 0 Å². The van der Waals surface area contributed by atoms with Crippen molar-refractivity contribution >= 4 is 38.7 Å². The zero-order valence-electron chi connectivity index (χ0n) is 13.8. The molecule has 1 saturated heterocycles. The lowest BCUT2D eigenvalue weighted by molar-refractivity contribution is 0.0746. The van der Waals surface area contributed by atoms with Gasteiger partial charge in [0.15, 0.2) is 5.65 Å². The Hall–Kier alpha value is -2.48. The van der Waals surface area contributed by atoms with E-state index in [0.717, 1.165) is 40.1 Å². The summed E-state index contributed by atoms with van der Waals surface area (Å²) in [6.07, 6.45) is 1.56. The van der Waals surface area contributed by atoms with E-state index in [2.05, 4.69) is 35.9 Å². The van der Waals surface area contributed by atoms with Gasteiger partial charge in [0, 0.05) is 38.8 Å². The predicted molar refractivity (Wildman–Crippen MR) is 98.6 cm³/mol. The van der Waals surface area contributed by atoms with Crippen molar-refractivity contribution in [3.63, 3.8) is 0 Å². The van der Waals surface area contributed by atoms with Gasteiger partial charge >= 0.3 is 0 Å². The third kappa shape index (κ3) is 2.86. The van der Waals surface area contributed by atoms with Crippen molar-refractivity contribution in [2.45, 2.75) is 0 Å². The van der Waals surface area contributed by atoms with Crippen LogP contribution >= 0.6 is 15.9 Å². The van der Waals surface area contributed by atoms with Gasteiger partial charge in [-0.05, 0) is 28.1 Å². The van der Waals surface area contributed by atoms with E-state index in [1.165, 1.54) is 0 Å². The summed E-state index contributed by atoms with van der Waals surface area (Å²) < 4.78 is 2.48. The molecule has 0 unspecified atom stereocenters. The molecule has 0 radical (unpaired) electrons. The molecular weight excluding hydrogens is 384 g/mol. The van der Waals surface area contributed by atoms with Crippen LogP contribution in [0.3, 0.4) is 0 Å². The molecule has 0 spiro atoms. The number of carbonyl (C=O) groups is 1. The van der Waals surface area contributed by atoms with Gasteiger partial charge < -0.3 is 9.80 Å². The van der Waals surface area contributed by atoms with E-state index in [1.54, 1.807) is 11.0 Å². The van der Waals surface area contributed by atoms with Crippen molar-refractivity contribution in [2.24, 2.45) is 7.05 Å². The van der Waals surface area contributed by atoms with Crippen molar-refractivity contribution in [1.82, 2.24) is 24.6 Å². The highest BCUT2D eigenvalue weighted by Gasteiger charge is 2.25. The van der Waals surface area contributed by atoms with Crippen LogP contribution in [0.2, 0.25) is 0 Å². The average molecular weight is 401 g/mol. The molecule has 3 heterocycles. The lowest BCUT2D eigenvalue weighted by Crippen LogP contribution is -2.49. The van der Waals surface area contributed by atoms with E-state index in [-0.39, 0.29) is 5.91 Å². The first-order valence-electron chi connectivity index (χ1n) is 8.07. The minimum absolute atomic E-state index is 0.0793. The number of piperazine rings is 1. The number of benzene rings is 1. The molecule has 8 heteroatoms. The zero-order valence-corrected chi connectivity index (χ0v) is 15.3. The zero-order chi connectivity index (χ0) is 17.4. The fourth-order valence-corrected chi connectivity index (χ4v) is 3.74. The molecule has 0 N–H and O–H groups in total. The Morgan fingerprint density at radius 2 is 1.80 bits per heavy atom. The number of hydrogen-bond acceptors (Lipinski definition) is 5. The van der Waals surface area contributed by atoms with Crippen LogP contribution in [0.1, 0.15) is 10.4 Å². The van der Waals surface area contributed by atoms with E-state index in [0.29, 0.717) is 13.1 Å². The third-order valence-corrected chi connectivity index (χ3v) is 5.00. The van der Waals surface area contributed by atoms with Crippen LogP contribution in [0.15, 0.2) is 41.3 Å². The van der Waals surface area contributed by atoms with Gasteiger partial charge in [0.25, 0.3) is 5.91 Å². The summed E-state index contributed by atoms with van der Waals surface area (Å²) in [4.78, 5) is 25.4. The molecular formula is C17H17BrN6O. The maximum atomic E-state index is 12.6. The number of anilines is 1. The molecule has 0 atom stereocenters. The molecule has 1 amide bonds. The first kappa shape index (κ1) is 16.0. The molecule has 1 aliphatic heterocycles. The van der Waals surface area contributed by atoms with E-state index in [1.807, 2.05) is 42.3 Å². The summed E-state index contributed by atoms with van der Waals surface area (Å²) in [5.41, 5.74) is 1.52. The maximum absolute atomic E-state index is 12.6. The molecule has 0 saturated carbocycles. The summed E-state index contributed by atoms with van der Waals surface area (Å²) in [5, 5.41) is 5.28. The van der Waals surface area contributed by atoms with Gasteiger partial charge in [-0.2, -0.15) is 5.10 Å². The molecule has 2 aromatic heterocycles. The molecule has 0 aliphatic carbocycles. The largest absolute Gasteiger partial charge is 0.352 e. The minimum Gasteiger partial charge on any atom is -0.352 e. The Balaban J connectivity index is 1.54. The van der Waals surface area contributed by atoms with Crippen LogP contribution in [0, 0.1) is 0 Å². The summed E-state index contributed by atoms with van der Waals surface area (Å²) in [5.74, 6) is 0.937. The Morgan fingerprint density at radius 1 is 1.08 bits per heavy atom. The lowest BCUT2D eigenvalue weighted by atomic mass is 10.2. The first-order valence-corrected chi connectivity index (χ1v) is 8.87. The van der Waals surface area contributed by atoms with Crippen molar-refractivity contribution in [2.75, 3.05) is 31.1 Å². The van der Waals surface area contributed by atoms with Crippen molar-refractivity contribution in [3.8, 4) is 0 Å². The molecule has 0 bridgehead atoms. The van der Waals surface area contributed by atoms with E-state index in [9.17, 15) is 4.79 Å². The Bertz CT molecular complexity index is 918. The van der Waals surface area contributed by atoms with E-state index in [4.69, 9.17) is 0 Å². The average Bonchev–Trinajstić information content (AvgIpc) is 2.96. The summed E-state index contributed by atoms with van der Waals surface area (Å²) >= 11 is 3.50. The highest BCUT2D eigenvalue weighted by Crippen LogP contribution is 2.30. The van der Waals surface area contributed by atoms with Crippen molar-refractivity contribution < 1.29 is 4.79 Å². The van der Waals surface area contributed by atoms with Gasteiger partial charge in [0.05, 0.1) is 5.39 Å². The van der Waals surface area contributed by atoms with Crippen LogP contribution < -0.4 is 4.90 Å². The molecule has 1 aliphatic rings. The first-order chi connectivity index (χ1) is 12.1. The van der Waals surface area contributed by atoms with Crippen molar-refractivity contribution in [1.29, 1.82) is 0 Å². The second kappa shape index (κ2) is 6.44.